The minimum atomic E-state index is -0.563. The Balaban J connectivity index is 1.19. The van der Waals surface area contributed by atoms with Gasteiger partial charge in [-0.15, -0.1) is 0 Å². The third-order valence-corrected chi connectivity index (χ3v) is 5.28. The van der Waals surface area contributed by atoms with Crippen LogP contribution in [0.4, 0.5) is 0 Å². The fourth-order valence-electron chi connectivity index (χ4n) is 3.79. The number of aliphatic hydroxyl groups excluding tert-OH is 1. The molecule has 1 amide bonds. The van der Waals surface area contributed by atoms with Gasteiger partial charge in [0.25, 0.3) is 0 Å². The Morgan fingerprint density at radius 2 is 2.11 bits per heavy atom. The number of amides is 1. The van der Waals surface area contributed by atoms with Crippen molar-refractivity contribution in [1.82, 2.24) is 20.2 Å². The zero-order chi connectivity index (χ0) is 19.3. The lowest BCUT2D eigenvalue weighted by molar-refractivity contribution is -0.121. The van der Waals surface area contributed by atoms with E-state index in [9.17, 15) is 9.90 Å². The molecule has 1 atom stereocenters. The second-order valence-corrected chi connectivity index (χ2v) is 7.45. The topological polar surface area (TPSA) is 81.2 Å². The first-order chi connectivity index (χ1) is 13.7. The molecule has 6 heteroatoms. The van der Waals surface area contributed by atoms with Gasteiger partial charge in [0.05, 0.1) is 6.10 Å². The first-order valence-corrected chi connectivity index (χ1v) is 9.84. The zero-order valence-electron chi connectivity index (χ0n) is 15.9. The summed E-state index contributed by atoms with van der Waals surface area (Å²) in [7, 11) is 0. The number of fused-ring (bicyclic) bond motifs is 2. The predicted octanol–water partition coefficient (Wildman–Crippen LogP) is 2.03. The second-order valence-electron chi connectivity index (χ2n) is 7.45. The highest BCUT2D eigenvalue weighted by Crippen LogP contribution is 2.18. The van der Waals surface area contributed by atoms with Gasteiger partial charge in [0, 0.05) is 49.9 Å². The number of aliphatic hydroxyl groups is 1. The molecule has 0 spiro atoms. The van der Waals surface area contributed by atoms with Crippen LogP contribution >= 0.6 is 0 Å². The van der Waals surface area contributed by atoms with E-state index >= 15 is 0 Å². The van der Waals surface area contributed by atoms with Crippen LogP contribution in [0.5, 0.6) is 0 Å². The van der Waals surface area contributed by atoms with Gasteiger partial charge >= 0.3 is 0 Å². The Labute approximate surface area is 164 Å². The van der Waals surface area contributed by atoms with E-state index in [1.54, 1.807) is 6.20 Å². The van der Waals surface area contributed by atoms with Crippen LogP contribution in [0.2, 0.25) is 0 Å². The molecule has 3 heterocycles. The molecule has 0 aliphatic carbocycles. The number of benzene rings is 1. The van der Waals surface area contributed by atoms with Crippen molar-refractivity contribution in [3.8, 4) is 0 Å². The summed E-state index contributed by atoms with van der Waals surface area (Å²) in [6.07, 6.45) is 3.20. The highest BCUT2D eigenvalue weighted by molar-refractivity contribution is 5.78. The molecule has 4 rings (SSSR count). The van der Waals surface area contributed by atoms with Crippen molar-refractivity contribution in [3.63, 3.8) is 0 Å². The summed E-state index contributed by atoms with van der Waals surface area (Å²) < 4.78 is 0. The summed E-state index contributed by atoms with van der Waals surface area (Å²) in [5.74, 6) is -0.0466. The number of β-amino-alcohol motifs (C(OH)–C–C–N with tert-alkyl or cyclic N) is 1. The number of pyridine rings is 1. The zero-order valence-corrected chi connectivity index (χ0v) is 15.9. The third kappa shape index (κ3) is 4.58. The molecule has 2 aromatic heterocycles. The minimum absolute atomic E-state index is 0.0466. The molecule has 28 heavy (non-hydrogen) atoms. The van der Waals surface area contributed by atoms with E-state index in [2.05, 4.69) is 44.5 Å². The van der Waals surface area contributed by atoms with Gasteiger partial charge < -0.3 is 15.4 Å². The van der Waals surface area contributed by atoms with Crippen LogP contribution < -0.4 is 5.32 Å². The van der Waals surface area contributed by atoms with Gasteiger partial charge in [-0.05, 0) is 42.2 Å². The Bertz CT molecular complexity index is 919. The Morgan fingerprint density at radius 1 is 1.25 bits per heavy atom. The normalized spacial score (nSPS) is 15.3. The van der Waals surface area contributed by atoms with Gasteiger partial charge in [-0.1, -0.05) is 24.3 Å². The molecule has 1 aromatic carbocycles. The van der Waals surface area contributed by atoms with E-state index in [0.29, 0.717) is 19.4 Å². The summed E-state index contributed by atoms with van der Waals surface area (Å²) in [5.41, 5.74) is 4.57. The number of nitrogens with zero attached hydrogens (tertiary/aromatic N) is 2. The van der Waals surface area contributed by atoms with Gasteiger partial charge in [-0.2, -0.15) is 0 Å². The van der Waals surface area contributed by atoms with E-state index in [1.165, 1.54) is 11.1 Å². The van der Waals surface area contributed by atoms with Gasteiger partial charge in [-0.3, -0.25) is 9.69 Å². The van der Waals surface area contributed by atoms with E-state index in [1.807, 2.05) is 18.2 Å². The van der Waals surface area contributed by atoms with Gasteiger partial charge in [0.2, 0.25) is 5.91 Å². The first-order valence-electron chi connectivity index (χ1n) is 9.84. The van der Waals surface area contributed by atoms with Crippen LogP contribution in [0.25, 0.3) is 11.0 Å². The Hall–Kier alpha value is -2.70. The minimum Gasteiger partial charge on any atom is -0.390 e. The molecule has 0 bridgehead atoms. The van der Waals surface area contributed by atoms with Crippen LogP contribution in [-0.2, 0) is 24.2 Å². The number of rotatable bonds is 7. The van der Waals surface area contributed by atoms with Crippen LogP contribution in [-0.4, -0.2) is 51.6 Å². The maximum absolute atomic E-state index is 12.1. The number of nitrogens with one attached hydrogen (secondary N) is 2. The van der Waals surface area contributed by atoms with Crippen molar-refractivity contribution in [3.05, 3.63) is 65.5 Å². The molecule has 1 aliphatic rings. The smallest absolute Gasteiger partial charge is 0.220 e. The number of aryl methyl sites for hydroxylation is 1. The highest BCUT2D eigenvalue weighted by atomic mass is 16.3. The van der Waals surface area contributed by atoms with Crippen molar-refractivity contribution in [2.24, 2.45) is 0 Å². The molecular weight excluding hydrogens is 352 g/mol. The molecule has 1 aliphatic heterocycles. The summed E-state index contributed by atoms with van der Waals surface area (Å²) in [5, 5.41) is 14.2. The largest absolute Gasteiger partial charge is 0.390 e. The summed E-state index contributed by atoms with van der Waals surface area (Å²) >= 11 is 0. The highest BCUT2D eigenvalue weighted by Gasteiger charge is 2.18. The van der Waals surface area contributed by atoms with Crippen molar-refractivity contribution in [2.45, 2.75) is 31.9 Å². The summed E-state index contributed by atoms with van der Waals surface area (Å²) in [6, 6.07) is 14.4. The number of hydrogen-bond acceptors (Lipinski definition) is 4. The molecule has 0 saturated carbocycles. The average Bonchev–Trinajstić information content (AvgIpc) is 3.14. The van der Waals surface area contributed by atoms with E-state index < -0.39 is 6.10 Å². The SMILES string of the molecule is O=C(CCc1cc2cccnc2[nH]1)NCC(O)CN1CCc2ccccc2C1. The number of carbonyl (C=O) groups excluding carboxylic acids is 1. The lowest BCUT2D eigenvalue weighted by atomic mass is 10.00. The maximum Gasteiger partial charge on any atom is 0.220 e. The lowest BCUT2D eigenvalue weighted by Crippen LogP contribution is -2.42. The number of aromatic amines is 1. The van der Waals surface area contributed by atoms with Crippen molar-refractivity contribution in [2.75, 3.05) is 19.6 Å². The molecule has 6 nitrogen and oxygen atoms in total. The number of carbonyl (C=O) groups is 1. The fraction of sp³-hybridized carbons (Fsp3) is 0.364. The van der Waals surface area contributed by atoms with Crippen molar-refractivity contribution in [1.29, 1.82) is 0 Å². The van der Waals surface area contributed by atoms with Gasteiger partial charge in [0.15, 0.2) is 0 Å². The molecular formula is C22H26N4O2. The van der Waals surface area contributed by atoms with Crippen LogP contribution in [0, 0.1) is 0 Å². The van der Waals surface area contributed by atoms with E-state index in [0.717, 1.165) is 36.2 Å². The summed E-state index contributed by atoms with van der Waals surface area (Å²) in [6.45, 7) is 2.65. The molecule has 0 radical (unpaired) electrons. The van der Waals surface area contributed by atoms with Crippen LogP contribution in [0.3, 0.4) is 0 Å². The predicted molar refractivity (Wildman–Crippen MR) is 109 cm³/mol. The van der Waals surface area contributed by atoms with Crippen LogP contribution in [0.15, 0.2) is 48.7 Å². The first kappa shape index (κ1) is 18.7. The van der Waals surface area contributed by atoms with Gasteiger partial charge in [0.1, 0.15) is 5.65 Å². The van der Waals surface area contributed by atoms with Crippen LogP contribution in [0.1, 0.15) is 23.2 Å². The summed E-state index contributed by atoms with van der Waals surface area (Å²) in [4.78, 5) is 21.9. The molecule has 1 unspecified atom stereocenters. The maximum atomic E-state index is 12.1. The number of H-pyrrole nitrogens is 1. The Kier molecular flexibility index (Phi) is 5.69. The molecule has 3 aromatic rings. The standard InChI is InChI=1S/C22H26N4O2/c27-20(15-26-11-9-16-4-1-2-5-18(16)14-26)13-24-21(28)8-7-19-12-17-6-3-10-23-22(17)25-19/h1-6,10,12,20,27H,7-9,11,13-15H2,(H,23,25)(H,24,28). The average molecular weight is 378 g/mol. The second kappa shape index (κ2) is 8.54. The third-order valence-electron chi connectivity index (χ3n) is 5.28. The van der Waals surface area contributed by atoms with E-state index in [4.69, 9.17) is 0 Å². The van der Waals surface area contributed by atoms with Crippen molar-refractivity contribution >= 4 is 16.9 Å². The van der Waals surface area contributed by atoms with Crippen molar-refractivity contribution < 1.29 is 9.90 Å². The number of aromatic nitrogens is 2. The molecule has 0 fully saturated rings. The Morgan fingerprint density at radius 3 is 2.96 bits per heavy atom. The van der Waals surface area contributed by atoms with Gasteiger partial charge in [-0.25, -0.2) is 4.98 Å². The number of hydrogen-bond donors (Lipinski definition) is 3. The molecule has 0 saturated heterocycles. The lowest BCUT2D eigenvalue weighted by Gasteiger charge is -2.30. The quantitative estimate of drug-likeness (QED) is 0.588. The monoisotopic (exact) mass is 378 g/mol. The molecule has 146 valence electrons. The fourth-order valence-corrected chi connectivity index (χ4v) is 3.79. The van der Waals surface area contributed by atoms with E-state index in [-0.39, 0.29) is 12.5 Å². The molecule has 3 N–H and O–H groups in total.